The second-order valence-corrected chi connectivity index (χ2v) is 10.9. The number of benzene rings is 2. The predicted molar refractivity (Wildman–Crippen MR) is 160 cm³/mol. The standard InChI is InChI=1S/C34H34FN3O4/c1-2-33(40)42-32-21-27(23-8-4-3-5-9-23)34(38(32)22-31(39)37-16-18-41-19-17-37)25-13-14-29-24(20-25)12-15-30(36-29)26-10-6-7-11-28(26)35/h2,6-7,10-15,20-21,23H,1,3-5,8-9,16-19,22H2. The minimum Gasteiger partial charge on any atom is -0.406 e. The van der Waals surface area contributed by atoms with E-state index in [0.717, 1.165) is 59.5 Å². The summed E-state index contributed by atoms with van der Waals surface area (Å²) in [5.41, 5.74) is 4.60. The number of fused-ring (bicyclic) bond motifs is 1. The fraction of sp³-hybridized carbons (Fsp3) is 0.324. The Hall–Kier alpha value is -4.30. The van der Waals surface area contributed by atoms with E-state index >= 15 is 0 Å². The van der Waals surface area contributed by atoms with E-state index in [4.69, 9.17) is 14.5 Å². The fourth-order valence-electron chi connectivity index (χ4n) is 6.12. The van der Waals surface area contributed by atoms with Crippen LogP contribution in [0.3, 0.4) is 0 Å². The zero-order valence-corrected chi connectivity index (χ0v) is 23.6. The Morgan fingerprint density at radius 2 is 1.81 bits per heavy atom. The van der Waals surface area contributed by atoms with Gasteiger partial charge in [-0.05, 0) is 60.2 Å². The highest BCUT2D eigenvalue weighted by molar-refractivity contribution is 5.88. The highest BCUT2D eigenvalue weighted by Gasteiger charge is 2.28. The van der Waals surface area contributed by atoms with Crippen LogP contribution in [0.25, 0.3) is 33.4 Å². The largest absolute Gasteiger partial charge is 0.406 e. The fourth-order valence-corrected chi connectivity index (χ4v) is 6.12. The Morgan fingerprint density at radius 1 is 1.02 bits per heavy atom. The quantitative estimate of drug-likeness (QED) is 0.188. The van der Waals surface area contributed by atoms with Gasteiger partial charge in [0.1, 0.15) is 12.4 Å². The summed E-state index contributed by atoms with van der Waals surface area (Å²) in [6.07, 6.45) is 6.66. The van der Waals surface area contributed by atoms with Crippen molar-refractivity contribution in [3.05, 3.63) is 84.7 Å². The Balaban J connectivity index is 1.46. The van der Waals surface area contributed by atoms with Gasteiger partial charge in [-0.2, -0.15) is 0 Å². The lowest BCUT2D eigenvalue weighted by Crippen LogP contribution is -2.42. The minimum absolute atomic E-state index is 0.0321. The Labute approximate surface area is 244 Å². The highest BCUT2D eigenvalue weighted by Crippen LogP contribution is 2.43. The minimum atomic E-state index is -0.572. The molecule has 1 aliphatic heterocycles. The van der Waals surface area contributed by atoms with Crippen molar-refractivity contribution in [2.75, 3.05) is 26.3 Å². The van der Waals surface area contributed by atoms with Crippen LogP contribution in [0, 0.1) is 5.82 Å². The molecule has 42 heavy (non-hydrogen) atoms. The molecule has 0 N–H and O–H groups in total. The van der Waals surface area contributed by atoms with Crippen LogP contribution in [-0.2, 0) is 20.9 Å². The van der Waals surface area contributed by atoms with Crippen LogP contribution in [-0.4, -0.2) is 52.6 Å². The van der Waals surface area contributed by atoms with Crippen molar-refractivity contribution in [1.29, 1.82) is 0 Å². The normalized spacial score (nSPS) is 16.0. The summed E-state index contributed by atoms with van der Waals surface area (Å²) >= 11 is 0. The lowest BCUT2D eigenvalue weighted by Gasteiger charge is -2.28. The van der Waals surface area contributed by atoms with E-state index in [1.54, 1.807) is 23.1 Å². The van der Waals surface area contributed by atoms with E-state index in [1.807, 2.05) is 41.0 Å². The number of ether oxygens (including phenoxy) is 2. The van der Waals surface area contributed by atoms with Crippen molar-refractivity contribution in [2.24, 2.45) is 0 Å². The van der Waals surface area contributed by atoms with Crippen LogP contribution >= 0.6 is 0 Å². The summed E-state index contributed by atoms with van der Waals surface area (Å²) < 4.78 is 27.5. The lowest BCUT2D eigenvalue weighted by atomic mass is 9.83. The molecule has 4 aromatic rings. The van der Waals surface area contributed by atoms with Crippen LogP contribution in [0.5, 0.6) is 5.88 Å². The molecule has 216 valence electrons. The van der Waals surface area contributed by atoms with Crippen LogP contribution in [0.4, 0.5) is 4.39 Å². The SMILES string of the molecule is C=CC(=O)Oc1cc(C2CCCCC2)c(-c2ccc3nc(-c4ccccc4F)ccc3c2)n1CC(=O)N1CCOCC1. The number of hydrogen-bond acceptors (Lipinski definition) is 5. The summed E-state index contributed by atoms with van der Waals surface area (Å²) in [4.78, 5) is 32.4. The van der Waals surface area contributed by atoms with Crippen LogP contribution in [0.2, 0.25) is 0 Å². The Kier molecular flexibility index (Phi) is 8.15. The number of carbonyl (C=O) groups is 2. The molecule has 0 spiro atoms. The molecule has 0 atom stereocenters. The zero-order valence-electron chi connectivity index (χ0n) is 23.6. The van der Waals surface area contributed by atoms with Gasteiger partial charge in [0.05, 0.1) is 30.1 Å². The Bertz CT molecular complexity index is 1630. The third-order valence-electron chi connectivity index (χ3n) is 8.27. The number of halogens is 1. The number of hydrogen-bond donors (Lipinski definition) is 0. The number of aromatic nitrogens is 2. The molecule has 6 rings (SSSR count). The first-order chi connectivity index (χ1) is 20.5. The summed E-state index contributed by atoms with van der Waals surface area (Å²) in [6, 6.07) is 18.3. The van der Waals surface area contributed by atoms with Crippen molar-refractivity contribution in [1.82, 2.24) is 14.5 Å². The average Bonchev–Trinajstić information content (AvgIpc) is 3.38. The van der Waals surface area contributed by atoms with Crippen LogP contribution < -0.4 is 4.74 Å². The van der Waals surface area contributed by atoms with E-state index in [-0.39, 0.29) is 24.2 Å². The van der Waals surface area contributed by atoms with Gasteiger partial charge in [-0.15, -0.1) is 0 Å². The summed E-state index contributed by atoms with van der Waals surface area (Å²) in [6.45, 7) is 5.65. The third-order valence-corrected chi connectivity index (χ3v) is 8.27. The molecule has 0 unspecified atom stereocenters. The number of pyridine rings is 1. The number of nitrogens with zero attached hydrogens (tertiary/aromatic N) is 3. The first-order valence-electron chi connectivity index (χ1n) is 14.6. The van der Waals surface area contributed by atoms with Gasteiger partial charge in [0, 0.05) is 36.2 Å². The van der Waals surface area contributed by atoms with E-state index in [1.165, 1.54) is 12.5 Å². The molecule has 2 aromatic carbocycles. The van der Waals surface area contributed by atoms with Gasteiger partial charge < -0.3 is 18.9 Å². The van der Waals surface area contributed by atoms with Crippen LogP contribution in [0.15, 0.2) is 73.3 Å². The van der Waals surface area contributed by atoms with Gasteiger partial charge in [0.25, 0.3) is 0 Å². The summed E-state index contributed by atoms with van der Waals surface area (Å²) in [5, 5.41) is 0.888. The molecular formula is C34H34FN3O4. The van der Waals surface area contributed by atoms with Crippen LogP contribution in [0.1, 0.15) is 43.6 Å². The molecule has 1 saturated carbocycles. The van der Waals surface area contributed by atoms with E-state index in [2.05, 4.69) is 6.58 Å². The number of rotatable bonds is 7. The van der Waals surface area contributed by atoms with Crippen molar-refractivity contribution >= 4 is 22.8 Å². The van der Waals surface area contributed by atoms with Crippen molar-refractivity contribution in [3.63, 3.8) is 0 Å². The molecule has 2 fully saturated rings. The molecule has 2 aliphatic rings. The molecule has 2 aromatic heterocycles. The average molecular weight is 568 g/mol. The van der Waals surface area contributed by atoms with Gasteiger partial charge in [0.15, 0.2) is 0 Å². The summed E-state index contributed by atoms with van der Waals surface area (Å²) in [5.74, 6) is -0.324. The van der Waals surface area contributed by atoms with Gasteiger partial charge in [0.2, 0.25) is 11.8 Å². The molecule has 1 saturated heterocycles. The maximum Gasteiger partial charge on any atom is 0.336 e. The van der Waals surface area contributed by atoms with Crippen molar-refractivity contribution in [2.45, 2.75) is 44.6 Å². The molecule has 3 heterocycles. The molecule has 8 heteroatoms. The second kappa shape index (κ2) is 12.3. The van der Waals surface area contributed by atoms with E-state index in [9.17, 15) is 14.0 Å². The molecule has 0 bridgehead atoms. The second-order valence-electron chi connectivity index (χ2n) is 10.9. The molecule has 1 aliphatic carbocycles. The number of esters is 1. The van der Waals surface area contributed by atoms with Gasteiger partial charge >= 0.3 is 5.97 Å². The van der Waals surface area contributed by atoms with Gasteiger partial charge in [-0.25, -0.2) is 14.2 Å². The first kappa shape index (κ1) is 27.8. The van der Waals surface area contributed by atoms with Crippen molar-refractivity contribution in [3.8, 4) is 28.4 Å². The predicted octanol–water partition coefficient (Wildman–Crippen LogP) is 6.51. The molecule has 7 nitrogen and oxygen atoms in total. The first-order valence-corrected chi connectivity index (χ1v) is 14.6. The number of carbonyl (C=O) groups excluding carboxylic acids is 2. The monoisotopic (exact) mass is 567 g/mol. The zero-order chi connectivity index (χ0) is 29.1. The smallest absolute Gasteiger partial charge is 0.336 e. The highest BCUT2D eigenvalue weighted by atomic mass is 19.1. The number of morpholine rings is 1. The third kappa shape index (κ3) is 5.72. The number of amides is 1. The molecular weight excluding hydrogens is 533 g/mol. The van der Waals surface area contributed by atoms with Gasteiger partial charge in [-0.3, -0.25) is 4.79 Å². The maximum absolute atomic E-state index is 14.5. The van der Waals surface area contributed by atoms with E-state index in [0.29, 0.717) is 43.4 Å². The van der Waals surface area contributed by atoms with Crippen molar-refractivity contribution < 1.29 is 23.5 Å². The maximum atomic E-state index is 14.5. The Morgan fingerprint density at radius 3 is 2.57 bits per heavy atom. The lowest BCUT2D eigenvalue weighted by molar-refractivity contribution is -0.136. The topological polar surface area (TPSA) is 73.7 Å². The van der Waals surface area contributed by atoms with Gasteiger partial charge in [-0.1, -0.05) is 50.1 Å². The molecule has 1 amide bonds. The molecule has 0 radical (unpaired) electrons. The summed E-state index contributed by atoms with van der Waals surface area (Å²) in [7, 11) is 0. The van der Waals surface area contributed by atoms with E-state index < -0.39 is 5.97 Å².